The molecule has 0 heterocycles. The van der Waals surface area contributed by atoms with Gasteiger partial charge in [-0.15, -0.1) is 0 Å². The number of hydrogen-bond acceptors (Lipinski definition) is 2. The molecule has 0 aliphatic heterocycles. The highest BCUT2D eigenvalue weighted by atomic mass is 79.9. The third-order valence-corrected chi connectivity index (χ3v) is 4.48. The van der Waals surface area contributed by atoms with Crippen LogP contribution in [0.3, 0.4) is 0 Å². The van der Waals surface area contributed by atoms with Gasteiger partial charge >= 0.3 is 5.97 Å². The van der Waals surface area contributed by atoms with Crippen LogP contribution in [-0.2, 0) is 4.79 Å². The topological polar surface area (TPSA) is 49.3 Å². The summed E-state index contributed by atoms with van der Waals surface area (Å²) in [5, 5.41) is 12.8. The first-order valence-corrected chi connectivity index (χ1v) is 6.68. The molecule has 0 amide bonds. The van der Waals surface area contributed by atoms with E-state index < -0.39 is 12.0 Å². The first-order chi connectivity index (χ1) is 8.00. The summed E-state index contributed by atoms with van der Waals surface area (Å²) in [7, 11) is 0. The molecule has 1 unspecified atom stereocenters. The Bertz CT molecular complexity index is 463. The highest BCUT2D eigenvalue weighted by Crippen LogP contribution is 2.39. The fourth-order valence-corrected chi connectivity index (χ4v) is 2.44. The Morgan fingerprint density at radius 2 is 2.06 bits per heavy atom. The molecule has 0 radical (unpaired) electrons. The molecule has 0 spiro atoms. The maximum Gasteiger partial charge on any atom is 0.326 e. The Morgan fingerprint density at radius 1 is 1.41 bits per heavy atom. The van der Waals surface area contributed by atoms with E-state index in [0.29, 0.717) is 20.2 Å². The molecular weight excluding hydrogens is 329 g/mol. The molecule has 0 aromatic heterocycles. The van der Waals surface area contributed by atoms with Crippen LogP contribution < -0.4 is 5.32 Å². The van der Waals surface area contributed by atoms with Crippen molar-refractivity contribution in [3.05, 3.63) is 26.7 Å². The second-order valence-corrected chi connectivity index (χ2v) is 5.63. The summed E-state index contributed by atoms with van der Waals surface area (Å²) >= 11 is 15.3. The van der Waals surface area contributed by atoms with Crippen LogP contribution in [-0.4, -0.2) is 17.1 Å². The number of benzene rings is 1. The van der Waals surface area contributed by atoms with Crippen LogP contribution in [0.2, 0.25) is 10.0 Å². The first kappa shape index (κ1) is 13.0. The lowest BCUT2D eigenvalue weighted by Crippen LogP contribution is -2.31. The van der Waals surface area contributed by atoms with Crippen molar-refractivity contribution in [3.63, 3.8) is 0 Å². The van der Waals surface area contributed by atoms with Crippen LogP contribution in [0.25, 0.3) is 0 Å². The minimum absolute atomic E-state index is 0.186. The van der Waals surface area contributed by atoms with Crippen LogP contribution in [0.4, 0.5) is 5.69 Å². The lowest BCUT2D eigenvalue weighted by molar-refractivity contribution is -0.138. The maximum atomic E-state index is 11.1. The molecule has 2 rings (SSSR count). The fourth-order valence-electron chi connectivity index (χ4n) is 1.62. The van der Waals surface area contributed by atoms with Crippen molar-refractivity contribution in [2.24, 2.45) is 5.92 Å². The van der Waals surface area contributed by atoms with Gasteiger partial charge in [0.15, 0.2) is 0 Å². The minimum Gasteiger partial charge on any atom is -0.480 e. The quantitative estimate of drug-likeness (QED) is 0.815. The van der Waals surface area contributed by atoms with Gasteiger partial charge in [-0.2, -0.15) is 0 Å². The summed E-state index contributed by atoms with van der Waals surface area (Å²) in [4.78, 5) is 11.1. The minimum atomic E-state index is -0.859. The molecule has 1 atom stereocenters. The molecule has 1 aromatic carbocycles. The monoisotopic (exact) mass is 337 g/mol. The van der Waals surface area contributed by atoms with Crippen LogP contribution in [0.5, 0.6) is 0 Å². The van der Waals surface area contributed by atoms with Gasteiger partial charge in [-0.25, -0.2) is 4.79 Å². The summed E-state index contributed by atoms with van der Waals surface area (Å²) in [5.74, 6) is -0.673. The lowest BCUT2D eigenvalue weighted by atomic mass is 10.1. The van der Waals surface area contributed by atoms with E-state index >= 15 is 0 Å². The van der Waals surface area contributed by atoms with Gasteiger partial charge in [-0.1, -0.05) is 23.2 Å². The Morgan fingerprint density at radius 3 is 2.59 bits per heavy atom. The predicted octanol–water partition coefficient (Wildman–Crippen LogP) is 4.03. The number of anilines is 1. The van der Waals surface area contributed by atoms with Crippen LogP contribution >= 0.6 is 39.1 Å². The zero-order chi connectivity index (χ0) is 12.6. The highest BCUT2D eigenvalue weighted by Gasteiger charge is 2.36. The van der Waals surface area contributed by atoms with E-state index in [0.717, 1.165) is 12.8 Å². The third kappa shape index (κ3) is 2.87. The molecule has 3 nitrogen and oxygen atoms in total. The Hall–Kier alpha value is -0.450. The molecule has 17 heavy (non-hydrogen) atoms. The van der Waals surface area contributed by atoms with Gasteiger partial charge in [0.2, 0.25) is 0 Å². The first-order valence-electron chi connectivity index (χ1n) is 5.13. The van der Waals surface area contributed by atoms with Crippen molar-refractivity contribution in [2.45, 2.75) is 18.9 Å². The molecule has 6 heteroatoms. The van der Waals surface area contributed by atoms with Crippen molar-refractivity contribution >= 4 is 50.8 Å². The Kier molecular flexibility index (Phi) is 3.85. The maximum absolute atomic E-state index is 11.1. The number of carboxylic acids is 1. The van der Waals surface area contributed by atoms with Crippen molar-refractivity contribution in [1.82, 2.24) is 0 Å². The van der Waals surface area contributed by atoms with Crippen LogP contribution in [0, 0.1) is 5.92 Å². The number of halogens is 3. The van der Waals surface area contributed by atoms with Crippen molar-refractivity contribution in [3.8, 4) is 0 Å². The van der Waals surface area contributed by atoms with Gasteiger partial charge in [0, 0.05) is 4.47 Å². The van der Waals surface area contributed by atoms with E-state index in [4.69, 9.17) is 28.3 Å². The summed E-state index contributed by atoms with van der Waals surface area (Å²) in [5.41, 5.74) is 0.555. The van der Waals surface area contributed by atoms with E-state index in [2.05, 4.69) is 21.2 Å². The molecule has 0 bridgehead atoms. The van der Waals surface area contributed by atoms with Gasteiger partial charge in [-0.3, -0.25) is 0 Å². The lowest BCUT2D eigenvalue weighted by Gasteiger charge is -2.16. The van der Waals surface area contributed by atoms with Crippen LogP contribution in [0.1, 0.15) is 12.8 Å². The van der Waals surface area contributed by atoms with E-state index in [1.54, 1.807) is 12.1 Å². The second kappa shape index (κ2) is 5.04. The number of hydrogen-bond donors (Lipinski definition) is 2. The standard InChI is InChI=1S/C11H10BrCl2NO2/c12-6-3-4-7(9(14)8(6)13)15-10(11(16)17)5-1-2-5/h3-5,10,15H,1-2H2,(H,16,17). The normalized spacial score (nSPS) is 16.6. The molecule has 1 aliphatic carbocycles. The van der Waals surface area contributed by atoms with Crippen LogP contribution in [0.15, 0.2) is 16.6 Å². The zero-order valence-electron chi connectivity index (χ0n) is 8.71. The number of aliphatic carboxylic acids is 1. The smallest absolute Gasteiger partial charge is 0.326 e. The van der Waals surface area contributed by atoms with Gasteiger partial charge in [0.1, 0.15) is 6.04 Å². The molecule has 2 N–H and O–H groups in total. The van der Waals surface area contributed by atoms with Gasteiger partial charge in [0.05, 0.1) is 15.7 Å². The fraction of sp³-hybridized carbons (Fsp3) is 0.364. The van der Waals surface area contributed by atoms with E-state index in [1.165, 1.54) is 0 Å². The third-order valence-electron chi connectivity index (χ3n) is 2.71. The van der Waals surface area contributed by atoms with E-state index in [1.807, 2.05) is 0 Å². The molecular formula is C11H10BrCl2NO2. The second-order valence-electron chi connectivity index (χ2n) is 4.02. The average Bonchev–Trinajstić information content (AvgIpc) is 3.08. The SMILES string of the molecule is O=C(O)C(Nc1ccc(Br)c(Cl)c1Cl)C1CC1. The highest BCUT2D eigenvalue weighted by molar-refractivity contribution is 9.10. The molecule has 92 valence electrons. The van der Waals surface area contributed by atoms with E-state index in [-0.39, 0.29) is 5.92 Å². The number of carbonyl (C=O) groups is 1. The van der Waals surface area contributed by atoms with Gasteiger partial charge < -0.3 is 10.4 Å². The van der Waals surface area contributed by atoms with Crippen molar-refractivity contribution in [2.75, 3.05) is 5.32 Å². The Balaban J connectivity index is 2.23. The summed E-state index contributed by atoms with van der Waals surface area (Å²) in [6.45, 7) is 0. The van der Waals surface area contributed by atoms with Gasteiger partial charge in [-0.05, 0) is 46.8 Å². The molecule has 1 fully saturated rings. The largest absolute Gasteiger partial charge is 0.480 e. The van der Waals surface area contributed by atoms with E-state index in [9.17, 15) is 4.79 Å². The summed E-state index contributed by atoms with van der Waals surface area (Å²) in [6.07, 6.45) is 1.87. The molecule has 1 saturated carbocycles. The number of nitrogens with one attached hydrogen (secondary N) is 1. The summed E-state index contributed by atoms with van der Waals surface area (Å²) in [6, 6.07) is 2.86. The molecule has 1 aromatic rings. The average molecular weight is 339 g/mol. The molecule has 0 saturated heterocycles. The predicted molar refractivity (Wildman–Crippen MR) is 71.9 cm³/mol. The zero-order valence-corrected chi connectivity index (χ0v) is 11.8. The summed E-state index contributed by atoms with van der Waals surface area (Å²) < 4.78 is 0.688. The number of rotatable bonds is 4. The van der Waals surface area contributed by atoms with Crippen molar-refractivity contribution < 1.29 is 9.90 Å². The number of carboxylic acid groups (broad SMARTS) is 1. The Labute approximate surface area is 117 Å². The van der Waals surface area contributed by atoms with Gasteiger partial charge in [0.25, 0.3) is 0 Å². The van der Waals surface area contributed by atoms with Crippen molar-refractivity contribution in [1.29, 1.82) is 0 Å². The molecule has 1 aliphatic rings.